The molecule has 1 aliphatic heterocycles. The van der Waals surface area contributed by atoms with Crippen molar-refractivity contribution in [3.63, 3.8) is 0 Å². The zero-order valence-electron chi connectivity index (χ0n) is 10.2. The number of carbonyl (C=O) groups is 1. The summed E-state index contributed by atoms with van der Waals surface area (Å²) in [6.07, 6.45) is 2.42. The predicted octanol–water partition coefficient (Wildman–Crippen LogP) is 1.55. The maximum Gasteiger partial charge on any atom is 0.317 e. The molecule has 0 spiro atoms. The van der Waals surface area contributed by atoms with Crippen molar-refractivity contribution in [2.75, 3.05) is 20.3 Å². The Balaban J connectivity index is 2.25. The number of rotatable bonds is 4. The first-order chi connectivity index (χ1) is 8.16. The molecule has 0 amide bonds. The minimum Gasteiger partial charge on any atom is -0.468 e. The number of ether oxygens (including phenoxy) is 2. The van der Waals surface area contributed by atoms with Crippen LogP contribution in [0.3, 0.4) is 0 Å². The number of methoxy groups -OCH3 is 1. The molecule has 0 radical (unpaired) electrons. The quantitative estimate of drug-likeness (QED) is 0.743. The van der Waals surface area contributed by atoms with E-state index in [1.54, 1.807) is 6.20 Å². The Morgan fingerprint density at radius 3 is 2.82 bits per heavy atom. The van der Waals surface area contributed by atoms with E-state index in [1.807, 2.05) is 25.1 Å². The number of nitrogens with zero attached hydrogens (tertiary/aromatic N) is 1. The number of aromatic nitrogens is 1. The van der Waals surface area contributed by atoms with Gasteiger partial charge in [-0.05, 0) is 25.5 Å². The summed E-state index contributed by atoms with van der Waals surface area (Å²) in [5, 5.41) is 0. The second kappa shape index (κ2) is 4.84. The van der Waals surface area contributed by atoms with E-state index < -0.39 is 5.41 Å². The van der Waals surface area contributed by atoms with E-state index in [0.29, 0.717) is 5.92 Å². The van der Waals surface area contributed by atoms with E-state index in [0.717, 1.165) is 25.3 Å². The van der Waals surface area contributed by atoms with Crippen molar-refractivity contribution in [3.05, 3.63) is 30.1 Å². The molecule has 1 aromatic rings. The Bertz CT molecular complexity index is 389. The molecular weight excluding hydrogens is 218 g/mol. The molecule has 17 heavy (non-hydrogen) atoms. The van der Waals surface area contributed by atoms with Gasteiger partial charge in [-0.2, -0.15) is 0 Å². The van der Waals surface area contributed by atoms with Crippen molar-refractivity contribution < 1.29 is 14.3 Å². The Hall–Kier alpha value is -1.42. The number of hydrogen-bond donors (Lipinski definition) is 0. The highest BCUT2D eigenvalue weighted by atomic mass is 16.5. The molecule has 0 saturated carbocycles. The molecule has 1 saturated heterocycles. The lowest BCUT2D eigenvalue weighted by Gasteiger charge is -2.34. The number of pyridine rings is 1. The third-order valence-corrected chi connectivity index (χ3v) is 3.27. The first kappa shape index (κ1) is 12.0. The average Bonchev–Trinajstić information content (AvgIpc) is 2.33. The van der Waals surface area contributed by atoms with Crippen molar-refractivity contribution in [2.24, 2.45) is 5.92 Å². The highest BCUT2D eigenvalue weighted by Gasteiger charge is 2.41. The molecule has 1 unspecified atom stereocenters. The van der Waals surface area contributed by atoms with Crippen LogP contribution < -0.4 is 0 Å². The molecule has 1 aromatic heterocycles. The minimum atomic E-state index is -0.676. The average molecular weight is 235 g/mol. The third-order valence-electron chi connectivity index (χ3n) is 3.27. The van der Waals surface area contributed by atoms with Crippen LogP contribution in [0.15, 0.2) is 24.4 Å². The van der Waals surface area contributed by atoms with Crippen LogP contribution in [0.1, 0.15) is 19.0 Å². The largest absolute Gasteiger partial charge is 0.468 e. The maximum absolute atomic E-state index is 12.0. The van der Waals surface area contributed by atoms with Gasteiger partial charge >= 0.3 is 5.97 Å². The van der Waals surface area contributed by atoms with E-state index >= 15 is 0 Å². The van der Waals surface area contributed by atoms with Gasteiger partial charge in [0, 0.05) is 12.1 Å². The predicted molar refractivity (Wildman–Crippen MR) is 62.5 cm³/mol. The monoisotopic (exact) mass is 235 g/mol. The minimum absolute atomic E-state index is 0.233. The van der Waals surface area contributed by atoms with Crippen LogP contribution in [0.25, 0.3) is 0 Å². The SMILES string of the molecule is COC(=O)C(C)(CC1COC1)c1ccccn1. The van der Waals surface area contributed by atoms with Crippen LogP contribution in [-0.2, 0) is 19.7 Å². The summed E-state index contributed by atoms with van der Waals surface area (Å²) in [6.45, 7) is 3.33. The van der Waals surface area contributed by atoms with E-state index in [1.165, 1.54) is 7.11 Å². The van der Waals surface area contributed by atoms with Crippen molar-refractivity contribution in [1.82, 2.24) is 4.98 Å². The van der Waals surface area contributed by atoms with E-state index in [9.17, 15) is 4.79 Å². The van der Waals surface area contributed by atoms with Crippen LogP contribution in [-0.4, -0.2) is 31.3 Å². The van der Waals surface area contributed by atoms with E-state index in [2.05, 4.69) is 4.98 Å². The molecule has 0 N–H and O–H groups in total. The summed E-state index contributed by atoms with van der Waals surface area (Å²) in [6, 6.07) is 5.60. The first-order valence-electron chi connectivity index (χ1n) is 5.74. The van der Waals surface area contributed by atoms with Crippen molar-refractivity contribution in [3.8, 4) is 0 Å². The van der Waals surface area contributed by atoms with Gasteiger partial charge in [0.2, 0.25) is 0 Å². The van der Waals surface area contributed by atoms with Gasteiger partial charge in [0.1, 0.15) is 5.41 Å². The Kier molecular flexibility index (Phi) is 3.43. The fourth-order valence-corrected chi connectivity index (χ4v) is 2.19. The molecular formula is C13H17NO3. The maximum atomic E-state index is 12.0. The summed E-state index contributed by atoms with van der Waals surface area (Å²) in [5.41, 5.74) is 0.0866. The summed E-state index contributed by atoms with van der Waals surface area (Å²) < 4.78 is 10.1. The normalized spacial score (nSPS) is 19.2. The van der Waals surface area contributed by atoms with Gasteiger partial charge in [0.05, 0.1) is 26.0 Å². The number of esters is 1. The lowest BCUT2D eigenvalue weighted by molar-refractivity contribution is -0.149. The molecule has 2 heterocycles. The molecule has 0 aliphatic carbocycles. The molecule has 1 fully saturated rings. The fourth-order valence-electron chi connectivity index (χ4n) is 2.19. The van der Waals surface area contributed by atoms with Gasteiger partial charge in [-0.15, -0.1) is 0 Å². The first-order valence-corrected chi connectivity index (χ1v) is 5.74. The lowest BCUT2D eigenvalue weighted by Crippen LogP contribution is -2.41. The van der Waals surface area contributed by atoms with Crippen LogP contribution in [0.4, 0.5) is 0 Å². The Labute approximate surface area is 101 Å². The third kappa shape index (κ3) is 2.31. The van der Waals surface area contributed by atoms with Crippen LogP contribution in [0.2, 0.25) is 0 Å². The van der Waals surface area contributed by atoms with Crippen LogP contribution in [0, 0.1) is 5.92 Å². The zero-order valence-corrected chi connectivity index (χ0v) is 10.2. The summed E-state index contributed by atoms with van der Waals surface area (Å²) in [7, 11) is 1.42. The topological polar surface area (TPSA) is 48.4 Å². The molecule has 1 aliphatic rings. The smallest absolute Gasteiger partial charge is 0.317 e. The fraction of sp³-hybridized carbons (Fsp3) is 0.538. The highest BCUT2D eigenvalue weighted by molar-refractivity contribution is 5.82. The van der Waals surface area contributed by atoms with Gasteiger partial charge in [0.25, 0.3) is 0 Å². The van der Waals surface area contributed by atoms with Crippen molar-refractivity contribution in [2.45, 2.75) is 18.8 Å². The van der Waals surface area contributed by atoms with Gasteiger partial charge in [-0.3, -0.25) is 9.78 Å². The second-order valence-electron chi connectivity index (χ2n) is 4.65. The summed E-state index contributed by atoms with van der Waals surface area (Å²) >= 11 is 0. The molecule has 4 heteroatoms. The van der Waals surface area contributed by atoms with Crippen molar-refractivity contribution in [1.29, 1.82) is 0 Å². The zero-order chi connectivity index (χ0) is 12.3. The van der Waals surface area contributed by atoms with Crippen LogP contribution >= 0.6 is 0 Å². The Morgan fingerprint density at radius 1 is 1.59 bits per heavy atom. The lowest BCUT2D eigenvalue weighted by atomic mass is 9.77. The number of hydrogen-bond acceptors (Lipinski definition) is 4. The molecule has 2 rings (SSSR count). The van der Waals surface area contributed by atoms with Gasteiger partial charge in [0.15, 0.2) is 0 Å². The number of carbonyl (C=O) groups excluding carboxylic acids is 1. The molecule has 0 bridgehead atoms. The Morgan fingerprint density at radius 2 is 2.35 bits per heavy atom. The van der Waals surface area contributed by atoms with Crippen molar-refractivity contribution >= 4 is 5.97 Å². The molecule has 4 nitrogen and oxygen atoms in total. The molecule has 1 atom stereocenters. The molecule has 0 aromatic carbocycles. The van der Waals surface area contributed by atoms with E-state index in [-0.39, 0.29) is 5.97 Å². The van der Waals surface area contributed by atoms with Gasteiger partial charge in [-0.1, -0.05) is 6.07 Å². The second-order valence-corrected chi connectivity index (χ2v) is 4.65. The van der Waals surface area contributed by atoms with Gasteiger partial charge in [-0.25, -0.2) is 0 Å². The van der Waals surface area contributed by atoms with Gasteiger partial charge < -0.3 is 9.47 Å². The summed E-state index contributed by atoms with van der Waals surface area (Å²) in [4.78, 5) is 16.3. The highest BCUT2D eigenvalue weighted by Crippen LogP contribution is 2.33. The van der Waals surface area contributed by atoms with Crippen LogP contribution in [0.5, 0.6) is 0 Å². The molecule has 92 valence electrons. The summed E-state index contributed by atoms with van der Waals surface area (Å²) in [5.74, 6) is 0.184. The van der Waals surface area contributed by atoms with E-state index in [4.69, 9.17) is 9.47 Å². The standard InChI is InChI=1S/C13H17NO3/c1-13(12(15)16-2,7-10-8-17-9-10)11-5-3-4-6-14-11/h3-6,10H,7-9H2,1-2H3.